The van der Waals surface area contributed by atoms with Gasteiger partial charge in [0.2, 0.25) is 10.0 Å². The van der Waals surface area contributed by atoms with Gasteiger partial charge in [-0.25, -0.2) is 13.1 Å². The van der Waals surface area contributed by atoms with Crippen molar-refractivity contribution in [1.29, 1.82) is 0 Å². The lowest BCUT2D eigenvalue weighted by Gasteiger charge is -2.13. The first-order valence-corrected chi connectivity index (χ1v) is 8.87. The minimum absolute atomic E-state index is 0.128. The van der Waals surface area contributed by atoms with Crippen molar-refractivity contribution in [3.05, 3.63) is 47.5 Å². The molecule has 0 saturated carbocycles. The van der Waals surface area contributed by atoms with Gasteiger partial charge in [0.25, 0.3) is 0 Å². The third-order valence-corrected chi connectivity index (χ3v) is 5.63. The largest absolute Gasteiger partial charge is 0.361 e. The lowest BCUT2D eigenvalue weighted by Crippen LogP contribution is -2.34. The molecule has 0 bridgehead atoms. The van der Waals surface area contributed by atoms with Crippen molar-refractivity contribution in [2.45, 2.75) is 38.1 Å². The molecule has 3 rings (SSSR count). The highest BCUT2D eigenvalue weighted by atomic mass is 32.2. The van der Waals surface area contributed by atoms with Gasteiger partial charge in [-0.3, -0.25) is 0 Å². The van der Waals surface area contributed by atoms with Crippen molar-refractivity contribution >= 4 is 20.9 Å². The summed E-state index contributed by atoms with van der Waals surface area (Å²) in [7, 11) is -3.65. The number of para-hydroxylation sites is 1. The molecule has 7 heteroatoms. The third-order valence-electron chi connectivity index (χ3n) is 3.79. The van der Waals surface area contributed by atoms with Crippen LogP contribution >= 0.6 is 0 Å². The number of aromatic amines is 1. The van der Waals surface area contributed by atoms with Crippen LogP contribution in [0.1, 0.15) is 23.9 Å². The number of nitrogens with one attached hydrogen (secondary N) is 2. The summed E-state index contributed by atoms with van der Waals surface area (Å²) in [6.07, 6.45) is 2.51. The molecule has 3 aromatic rings. The molecule has 1 aromatic carbocycles. The van der Waals surface area contributed by atoms with Crippen LogP contribution in [0.25, 0.3) is 10.9 Å². The molecule has 1 unspecified atom stereocenters. The predicted octanol–water partition coefficient (Wildman–Crippen LogP) is 2.68. The summed E-state index contributed by atoms with van der Waals surface area (Å²) in [6.45, 7) is 5.06. The van der Waals surface area contributed by atoms with E-state index in [1.165, 1.54) is 0 Å². The summed E-state index contributed by atoms with van der Waals surface area (Å²) in [4.78, 5) is 3.33. The number of hydrogen-bond donors (Lipinski definition) is 2. The molecular formula is C16H19N3O3S. The summed E-state index contributed by atoms with van der Waals surface area (Å²) in [5, 5.41) is 4.81. The van der Waals surface area contributed by atoms with E-state index in [2.05, 4.69) is 14.9 Å². The average molecular weight is 333 g/mol. The molecule has 1 atom stereocenters. The van der Waals surface area contributed by atoms with Crippen LogP contribution in [0, 0.1) is 13.8 Å². The van der Waals surface area contributed by atoms with Crippen molar-refractivity contribution in [2.75, 3.05) is 0 Å². The second kappa shape index (κ2) is 5.82. The van der Waals surface area contributed by atoms with Crippen molar-refractivity contribution in [2.24, 2.45) is 0 Å². The number of hydrogen-bond acceptors (Lipinski definition) is 4. The molecule has 0 spiro atoms. The first-order valence-electron chi connectivity index (χ1n) is 7.38. The number of aryl methyl sites for hydroxylation is 2. The molecule has 0 aliphatic rings. The molecule has 23 heavy (non-hydrogen) atoms. The van der Waals surface area contributed by atoms with E-state index in [0.717, 1.165) is 16.5 Å². The molecule has 0 saturated heterocycles. The Hall–Kier alpha value is -2.12. The second-order valence-corrected chi connectivity index (χ2v) is 7.39. The van der Waals surface area contributed by atoms with Gasteiger partial charge < -0.3 is 9.51 Å². The summed E-state index contributed by atoms with van der Waals surface area (Å²) < 4.78 is 32.7. The Labute approximate surface area is 134 Å². The molecule has 0 radical (unpaired) electrons. The minimum Gasteiger partial charge on any atom is -0.361 e. The molecular weight excluding hydrogens is 314 g/mol. The zero-order valence-corrected chi connectivity index (χ0v) is 14.1. The van der Waals surface area contributed by atoms with Crippen LogP contribution in [0.5, 0.6) is 0 Å². The summed E-state index contributed by atoms with van der Waals surface area (Å²) in [5.41, 5.74) is 2.49. The van der Waals surface area contributed by atoms with Gasteiger partial charge in [-0.1, -0.05) is 23.4 Å². The number of rotatable bonds is 5. The predicted molar refractivity (Wildman–Crippen MR) is 87.8 cm³/mol. The average Bonchev–Trinajstić information content (AvgIpc) is 3.03. The highest BCUT2D eigenvalue weighted by Gasteiger charge is 2.26. The number of H-pyrrole nitrogens is 1. The van der Waals surface area contributed by atoms with Crippen molar-refractivity contribution in [3.63, 3.8) is 0 Å². The molecule has 0 amide bonds. The number of benzene rings is 1. The van der Waals surface area contributed by atoms with Crippen LogP contribution in [0.2, 0.25) is 0 Å². The van der Waals surface area contributed by atoms with Crippen LogP contribution in [0.4, 0.5) is 0 Å². The van der Waals surface area contributed by atoms with E-state index in [0.29, 0.717) is 17.9 Å². The van der Waals surface area contributed by atoms with Gasteiger partial charge in [-0.15, -0.1) is 0 Å². The third kappa shape index (κ3) is 3.02. The molecule has 6 nitrogen and oxygen atoms in total. The summed E-state index contributed by atoms with van der Waals surface area (Å²) in [6, 6.07) is 7.70. The Morgan fingerprint density at radius 3 is 2.74 bits per heavy atom. The maximum atomic E-state index is 12.5. The van der Waals surface area contributed by atoms with Crippen LogP contribution in [0.3, 0.4) is 0 Å². The van der Waals surface area contributed by atoms with Crippen molar-refractivity contribution in [1.82, 2.24) is 14.9 Å². The standard InChI is InChI=1S/C16H19N3O3S/c1-10(8-13-9-17-15-7-5-4-6-14(13)15)19-23(20,21)16-11(2)18-22-12(16)3/h4-7,9-10,17,19H,8H2,1-3H3. The fourth-order valence-electron chi connectivity index (χ4n) is 2.85. The number of nitrogens with zero attached hydrogens (tertiary/aromatic N) is 1. The maximum Gasteiger partial charge on any atom is 0.246 e. The lowest BCUT2D eigenvalue weighted by atomic mass is 10.1. The van der Waals surface area contributed by atoms with E-state index in [1.807, 2.05) is 37.4 Å². The van der Waals surface area contributed by atoms with Gasteiger partial charge in [0.1, 0.15) is 10.6 Å². The SMILES string of the molecule is Cc1noc(C)c1S(=O)(=O)NC(C)Cc1c[nH]c2ccccc12. The van der Waals surface area contributed by atoms with Crippen LogP contribution in [-0.4, -0.2) is 24.6 Å². The Morgan fingerprint density at radius 1 is 1.30 bits per heavy atom. The number of sulfonamides is 1. The highest BCUT2D eigenvalue weighted by Crippen LogP contribution is 2.21. The van der Waals surface area contributed by atoms with Gasteiger partial charge in [0, 0.05) is 23.1 Å². The Bertz CT molecular complexity index is 921. The van der Waals surface area contributed by atoms with Gasteiger partial charge >= 0.3 is 0 Å². The fraction of sp³-hybridized carbons (Fsp3) is 0.312. The van der Waals surface area contributed by atoms with E-state index in [9.17, 15) is 8.42 Å². The molecule has 0 fully saturated rings. The van der Waals surface area contributed by atoms with Crippen LogP contribution < -0.4 is 4.72 Å². The van der Waals surface area contributed by atoms with E-state index in [-0.39, 0.29) is 10.9 Å². The number of fused-ring (bicyclic) bond motifs is 1. The smallest absolute Gasteiger partial charge is 0.246 e. The van der Waals surface area contributed by atoms with E-state index >= 15 is 0 Å². The van der Waals surface area contributed by atoms with Gasteiger partial charge in [0.15, 0.2) is 5.76 Å². The topological polar surface area (TPSA) is 88.0 Å². The number of aromatic nitrogens is 2. The van der Waals surface area contributed by atoms with Crippen molar-refractivity contribution < 1.29 is 12.9 Å². The quantitative estimate of drug-likeness (QED) is 0.751. The Kier molecular flexibility index (Phi) is 3.99. The van der Waals surface area contributed by atoms with Crippen LogP contribution in [-0.2, 0) is 16.4 Å². The van der Waals surface area contributed by atoms with Gasteiger partial charge in [-0.05, 0) is 38.8 Å². The molecule has 0 aliphatic carbocycles. The lowest BCUT2D eigenvalue weighted by molar-refractivity contribution is 0.390. The molecule has 0 aliphatic heterocycles. The zero-order valence-electron chi connectivity index (χ0n) is 13.3. The minimum atomic E-state index is -3.65. The van der Waals surface area contributed by atoms with E-state index in [4.69, 9.17) is 4.52 Å². The molecule has 122 valence electrons. The molecule has 2 heterocycles. The highest BCUT2D eigenvalue weighted by molar-refractivity contribution is 7.89. The van der Waals surface area contributed by atoms with Crippen LogP contribution in [0.15, 0.2) is 39.9 Å². The Morgan fingerprint density at radius 2 is 2.04 bits per heavy atom. The molecule has 2 aromatic heterocycles. The fourth-order valence-corrected chi connectivity index (χ4v) is 4.43. The first kappa shape index (κ1) is 15.8. The van der Waals surface area contributed by atoms with E-state index in [1.54, 1.807) is 13.8 Å². The zero-order chi connectivity index (χ0) is 16.6. The Balaban J connectivity index is 1.81. The first-order chi connectivity index (χ1) is 10.9. The van der Waals surface area contributed by atoms with E-state index < -0.39 is 10.0 Å². The van der Waals surface area contributed by atoms with Crippen molar-refractivity contribution in [3.8, 4) is 0 Å². The molecule has 2 N–H and O–H groups in total. The van der Waals surface area contributed by atoms with Gasteiger partial charge in [-0.2, -0.15) is 0 Å². The maximum absolute atomic E-state index is 12.5. The summed E-state index contributed by atoms with van der Waals surface area (Å²) in [5.74, 6) is 0.300. The van der Waals surface area contributed by atoms with Gasteiger partial charge in [0.05, 0.1) is 0 Å². The monoisotopic (exact) mass is 333 g/mol. The summed E-state index contributed by atoms with van der Waals surface area (Å²) >= 11 is 0. The second-order valence-electron chi connectivity index (χ2n) is 5.74. The normalized spacial score (nSPS) is 13.5.